The summed E-state index contributed by atoms with van der Waals surface area (Å²) in [6, 6.07) is 2.31. The molecular weight excluding hydrogens is 240 g/mol. The molecule has 1 fully saturated rings. The quantitative estimate of drug-likeness (QED) is 0.897. The number of nitrogens with zero attached hydrogens (tertiary/aromatic N) is 3. The summed E-state index contributed by atoms with van der Waals surface area (Å²) < 4.78 is 5.68. The fourth-order valence-electron chi connectivity index (χ4n) is 2.55. The minimum Gasteiger partial charge on any atom is -0.475 e. The Balaban J connectivity index is 2.22. The van der Waals surface area contributed by atoms with Gasteiger partial charge in [-0.3, -0.25) is 0 Å². The van der Waals surface area contributed by atoms with Gasteiger partial charge in [-0.25, -0.2) is 4.98 Å². The molecule has 106 valence electrons. The molecule has 19 heavy (non-hydrogen) atoms. The number of hydrogen-bond acceptors (Lipinski definition) is 5. The molecule has 0 bridgehead atoms. The number of hydrogen-bond donors (Lipinski definition) is 1. The highest BCUT2D eigenvalue weighted by molar-refractivity contribution is 5.37. The molecule has 2 heterocycles. The highest BCUT2D eigenvalue weighted by atomic mass is 16.5. The first-order valence-electron chi connectivity index (χ1n) is 6.98. The molecule has 0 aromatic carbocycles. The third kappa shape index (κ3) is 3.35. The normalized spacial score (nSPS) is 23.2. The zero-order valence-corrected chi connectivity index (χ0v) is 12.3. The highest BCUT2D eigenvalue weighted by Gasteiger charge is 2.30. The minimum atomic E-state index is 0.120. The third-order valence-corrected chi connectivity index (χ3v) is 3.43. The van der Waals surface area contributed by atoms with Crippen molar-refractivity contribution in [2.45, 2.75) is 46.3 Å². The molecule has 1 aliphatic heterocycles. The molecule has 0 spiro atoms. The van der Waals surface area contributed by atoms with Gasteiger partial charge >= 0.3 is 0 Å². The number of anilines is 1. The molecule has 5 heteroatoms. The van der Waals surface area contributed by atoms with Crippen LogP contribution in [0, 0.1) is 12.8 Å². The topological polar surface area (TPSA) is 64.3 Å². The Morgan fingerprint density at radius 1 is 1.47 bits per heavy atom. The number of rotatable bonds is 4. The molecule has 1 aromatic heterocycles. The van der Waals surface area contributed by atoms with Crippen molar-refractivity contribution in [2.24, 2.45) is 11.7 Å². The van der Waals surface area contributed by atoms with Crippen molar-refractivity contribution in [3.8, 4) is 5.88 Å². The molecule has 1 saturated heterocycles. The van der Waals surface area contributed by atoms with Gasteiger partial charge in [-0.2, -0.15) is 4.98 Å². The van der Waals surface area contributed by atoms with Gasteiger partial charge in [0.15, 0.2) is 0 Å². The average molecular weight is 264 g/mol. The Morgan fingerprint density at radius 2 is 2.21 bits per heavy atom. The second kappa shape index (κ2) is 5.74. The summed E-state index contributed by atoms with van der Waals surface area (Å²) in [5.74, 6) is 1.95. The van der Waals surface area contributed by atoms with Crippen LogP contribution in [0.15, 0.2) is 6.07 Å². The predicted molar refractivity (Wildman–Crippen MR) is 76.5 cm³/mol. The van der Waals surface area contributed by atoms with E-state index < -0.39 is 0 Å². The molecule has 2 N–H and O–H groups in total. The summed E-state index contributed by atoms with van der Waals surface area (Å²) in [5.41, 5.74) is 6.70. The molecular formula is C14H24N4O. The van der Waals surface area contributed by atoms with Crippen LogP contribution in [0.25, 0.3) is 0 Å². The predicted octanol–water partition coefficient (Wildman–Crippen LogP) is 1.75. The van der Waals surface area contributed by atoms with Gasteiger partial charge in [-0.15, -0.1) is 0 Å². The first kappa shape index (κ1) is 14.1. The summed E-state index contributed by atoms with van der Waals surface area (Å²) in [6.45, 7) is 9.83. The van der Waals surface area contributed by atoms with E-state index in [1.54, 1.807) is 0 Å². The van der Waals surface area contributed by atoms with E-state index >= 15 is 0 Å². The Kier molecular flexibility index (Phi) is 4.24. The lowest BCUT2D eigenvalue weighted by Gasteiger charge is -2.22. The summed E-state index contributed by atoms with van der Waals surface area (Å²) in [4.78, 5) is 11.3. The lowest BCUT2D eigenvalue weighted by atomic mass is 10.1. The number of ether oxygens (including phenoxy) is 1. The van der Waals surface area contributed by atoms with Crippen LogP contribution < -0.4 is 15.4 Å². The molecule has 0 saturated carbocycles. The summed E-state index contributed by atoms with van der Waals surface area (Å²) in [5, 5.41) is 0. The van der Waals surface area contributed by atoms with E-state index in [0.29, 0.717) is 17.8 Å². The van der Waals surface area contributed by atoms with Crippen LogP contribution in [0.5, 0.6) is 5.88 Å². The van der Waals surface area contributed by atoms with Gasteiger partial charge in [-0.1, -0.05) is 0 Å². The van der Waals surface area contributed by atoms with Gasteiger partial charge in [-0.05, 0) is 46.6 Å². The largest absolute Gasteiger partial charge is 0.475 e. The van der Waals surface area contributed by atoms with Crippen molar-refractivity contribution < 1.29 is 4.74 Å². The summed E-state index contributed by atoms with van der Waals surface area (Å²) in [6.07, 6.45) is 1.23. The molecule has 5 nitrogen and oxygen atoms in total. The molecule has 2 atom stereocenters. The van der Waals surface area contributed by atoms with Gasteiger partial charge in [0.25, 0.3) is 0 Å². The molecule has 0 amide bonds. The van der Waals surface area contributed by atoms with Gasteiger partial charge in [0.05, 0.1) is 6.10 Å². The smallest absolute Gasteiger partial charge is 0.229 e. The van der Waals surface area contributed by atoms with Crippen LogP contribution in [0.1, 0.15) is 32.9 Å². The van der Waals surface area contributed by atoms with Crippen LogP contribution >= 0.6 is 0 Å². The lowest BCUT2D eigenvalue weighted by Crippen LogP contribution is -2.29. The SMILES string of the molecule is Cc1cc(OC(C)C)nc(N2CC(CN)CC2C)n1. The van der Waals surface area contributed by atoms with Crippen molar-refractivity contribution in [1.82, 2.24) is 9.97 Å². The van der Waals surface area contributed by atoms with Crippen LogP contribution in [0.2, 0.25) is 0 Å². The Morgan fingerprint density at radius 3 is 2.79 bits per heavy atom. The standard InChI is InChI=1S/C14H24N4O/c1-9(2)19-13-5-10(3)16-14(17-13)18-8-12(7-15)6-11(18)4/h5,9,11-12H,6-8,15H2,1-4H3. The van der Waals surface area contributed by atoms with E-state index in [1.807, 2.05) is 26.8 Å². The van der Waals surface area contributed by atoms with Crippen molar-refractivity contribution in [1.29, 1.82) is 0 Å². The van der Waals surface area contributed by atoms with E-state index in [-0.39, 0.29) is 6.10 Å². The van der Waals surface area contributed by atoms with Gasteiger partial charge in [0.1, 0.15) is 0 Å². The van der Waals surface area contributed by atoms with Crippen LogP contribution in [0.3, 0.4) is 0 Å². The van der Waals surface area contributed by atoms with Gasteiger partial charge in [0, 0.05) is 24.3 Å². The van der Waals surface area contributed by atoms with Gasteiger partial charge < -0.3 is 15.4 Å². The molecule has 0 radical (unpaired) electrons. The first-order valence-corrected chi connectivity index (χ1v) is 6.98. The second-order valence-electron chi connectivity index (χ2n) is 5.65. The molecule has 2 unspecified atom stereocenters. The minimum absolute atomic E-state index is 0.120. The molecule has 1 aliphatic rings. The van der Waals surface area contributed by atoms with Crippen LogP contribution in [-0.4, -0.2) is 35.2 Å². The zero-order valence-electron chi connectivity index (χ0n) is 12.3. The zero-order chi connectivity index (χ0) is 14.0. The maximum atomic E-state index is 5.77. The number of aryl methyl sites for hydroxylation is 1. The van der Waals surface area contributed by atoms with E-state index in [4.69, 9.17) is 10.5 Å². The van der Waals surface area contributed by atoms with Crippen molar-refractivity contribution in [3.05, 3.63) is 11.8 Å². The fraction of sp³-hybridized carbons (Fsp3) is 0.714. The Bertz CT molecular complexity index is 435. The van der Waals surface area contributed by atoms with E-state index in [0.717, 1.165) is 31.2 Å². The maximum Gasteiger partial charge on any atom is 0.229 e. The van der Waals surface area contributed by atoms with E-state index in [2.05, 4.69) is 21.8 Å². The second-order valence-corrected chi connectivity index (χ2v) is 5.65. The maximum absolute atomic E-state index is 5.77. The van der Waals surface area contributed by atoms with Crippen molar-refractivity contribution >= 4 is 5.95 Å². The Labute approximate surface area is 115 Å². The summed E-state index contributed by atoms with van der Waals surface area (Å²) in [7, 11) is 0. The van der Waals surface area contributed by atoms with Gasteiger partial charge in [0.2, 0.25) is 11.8 Å². The molecule has 2 rings (SSSR count). The highest BCUT2D eigenvalue weighted by Crippen LogP contribution is 2.27. The lowest BCUT2D eigenvalue weighted by molar-refractivity contribution is 0.232. The molecule has 0 aliphatic carbocycles. The summed E-state index contributed by atoms with van der Waals surface area (Å²) >= 11 is 0. The monoisotopic (exact) mass is 264 g/mol. The first-order chi connectivity index (χ1) is 8.99. The average Bonchev–Trinajstić information content (AvgIpc) is 2.69. The molecule has 1 aromatic rings. The Hall–Kier alpha value is -1.36. The third-order valence-electron chi connectivity index (χ3n) is 3.43. The number of nitrogens with two attached hydrogens (primary N) is 1. The van der Waals surface area contributed by atoms with E-state index in [9.17, 15) is 0 Å². The van der Waals surface area contributed by atoms with Crippen molar-refractivity contribution in [3.63, 3.8) is 0 Å². The van der Waals surface area contributed by atoms with Crippen molar-refractivity contribution in [2.75, 3.05) is 18.0 Å². The van der Waals surface area contributed by atoms with Crippen LogP contribution in [-0.2, 0) is 0 Å². The van der Waals surface area contributed by atoms with E-state index in [1.165, 1.54) is 0 Å². The van der Waals surface area contributed by atoms with Crippen LogP contribution in [0.4, 0.5) is 5.95 Å². The number of aromatic nitrogens is 2. The fourth-order valence-corrected chi connectivity index (χ4v) is 2.55.